The van der Waals surface area contributed by atoms with Crippen molar-refractivity contribution >= 4 is 10.0 Å². The molecule has 7 nitrogen and oxygen atoms in total. The fourth-order valence-corrected chi connectivity index (χ4v) is 5.05. The van der Waals surface area contributed by atoms with E-state index in [1.54, 1.807) is 37.8 Å². The standard InChI is InChI=1S/C21H28N2O5S/c1-16-5-7-18(8-6-16)29(24,25)23-11-9-22(10-12-23)15-17-13-19(26-2)21(28-4)20(14-17)27-3/h5-8,13-14H,9-12,15H2,1-4H3/p+1. The zero-order chi connectivity index (χ0) is 21.0. The Kier molecular flexibility index (Phi) is 6.66. The molecule has 0 aromatic heterocycles. The summed E-state index contributed by atoms with van der Waals surface area (Å²) in [6.45, 7) is 5.17. The number of ether oxygens (including phenoxy) is 3. The average Bonchev–Trinajstić information content (AvgIpc) is 2.73. The minimum atomic E-state index is -3.44. The molecular weight excluding hydrogens is 392 g/mol. The number of nitrogens with one attached hydrogen (secondary N) is 1. The maximum absolute atomic E-state index is 12.9. The van der Waals surface area contributed by atoms with Crippen molar-refractivity contribution in [2.24, 2.45) is 0 Å². The molecule has 0 radical (unpaired) electrons. The second kappa shape index (κ2) is 9.02. The zero-order valence-electron chi connectivity index (χ0n) is 17.4. The van der Waals surface area contributed by atoms with Crippen LogP contribution in [0.3, 0.4) is 0 Å². The van der Waals surface area contributed by atoms with Gasteiger partial charge in [-0.1, -0.05) is 17.7 Å². The third kappa shape index (κ3) is 4.66. The molecule has 0 atom stereocenters. The summed E-state index contributed by atoms with van der Waals surface area (Å²) in [5.41, 5.74) is 2.10. The van der Waals surface area contributed by atoms with Gasteiger partial charge >= 0.3 is 0 Å². The van der Waals surface area contributed by atoms with Crippen molar-refractivity contribution in [3.63, 3.8) is 0 Å². The minimum absolute atomic E-state index is 0.358. The smallest absolute Gasteiger partial charge is 0.243 e. The van der Waals surface area contributed by atoms with Crippen LogP contribution in [-0.2, 0) is 16.6 Å². The van der Waals surface area contributed by atoms with E-state index in [-0.39, 0.29) is 0 Å². The van der Waals surface area contributed by atoms with Crippen LogP contribution in [0.15, 0.2) is 41.3 Å². The van der Waals surface area contributed by atoms with E-state index in [1.807, 2.05) is 31.2 Å². The van der Waals surface area contributed by atoms with Gasteiger partial charge in [0, 0.05) is 5.56 Å². The van der Waals surface area contributed by atoms with E-state index < -0.39 is 10.0 Å². The van der Waals surface area contributed by atoms with Gasteiger partial charge in [0.15, 0.2) is 11.5 Å². The number of sulfonamides is 1. The summed E-state index contributed by atoms with van der Waals surface area (Å²) in [6, 6.07) is 10.9. The highest BCUT2D eigenvalue weighted by molar-refractivity contribution is 7.89. The van der Waals surface area contributed by atoms with Crippen LogP contribution in [0.4, 0.5) is 0 Å². The van der Waals surface area contributed by atoms with Gasteiger partial charge in [-0.2, -0.15) is 4.31 Å². The van der Waals surface area contributed by atoms with Crippen molar-refractivity contribution in [2.75, 3.05) is 47.5 Å². The lowest BCUT2D eigenvalue weighted by Crippen LogP contribution is -3.13. The Hall–Kier alpha value is -2.29. The molecule has 0 unspecified atom stereocenters. The summed E-state index contributed by atoms with van der Waals surface area (Å²) >= 11 is 0. The molecule has 1 heterocycles. The maximum atomic E-state index is 12.9. The van der Waals surface area contributed by atoms with Crippen molar-refractivity contribution in [1.29, 1.82) is 0 Å². The Morgan fingerprint density at radius 2 is 1.48 bits per heavy atom. The van der Waals surface area contributed by atoms with Crippen LogP contribution >= 0.6 is 0 Å². The number of hydrogen-bond acceptors (Lipinski definition) is 5. The number of hydrogen-bond donors (Lipinski definition) is 1. The summed E-state index contributed by atoms with van der Waals surface area (Å²) in [4.78, 5) is 1.67. The van der Waals surface area contributed by atoms with Crippen LogP contribution in [0.25, 0.3) is 0 Å². The molecule has 2 aromatic carbocycles. The van der Waals surface area contributed by atoms with Crippen LogP contribution in [0, 0.1) is 6.92 Å². The van der Waals surface area contributed by atoms with Gasteiger partial charge in [-0.25, -0.2) is 8.42 Å². The van der Waals surface area contributed by atoms with Crippen molar-refractivity contribution in [2.45, 2.75) is 18.4 Å². The number of rotatable bonds is 7. The SMILES string of the molecule is COc1cc(C[NH+]2CCN(S(=O)(=O)c3ccc(C)cc3)CC2)cc(OC)c1OC. The molecule has 1 fully saturated rings. The first kappa shape index (κ1) is 21.4. The summed E-state index contributed by atoms with van der Waals surface area (Å²) in [7, 11) is 1.34. The van der Waals surface area contributed by atoms with Crippen LogP contribution in [0.1, 0.15) is 11.1 Å². The maximum Gasteiger partial charge on any atom is 0.243 e. The van der Waals surface area contributed by atoms with Gasteiger partial charge in [-0.05, 0) is 31.2 Å². The van der Waals surface area contributed by atoms with E-state index in [0.717, 1.165) is 30.8 Å². The van der Waals surface area contributed by atoms with Gasteiger partial charge < -0.3 is 19.1 Å². The lowest BCUT2D eigenvalue weighted by Gasteiger charge is -2.31. The van der Waals surface area contributed by atoms with E-state index in [4.69, 9.17) is 14.2 Å². The predicted octanol–water partition coefficient (Wildman–Crippen LogP) is 1.11. The molecular formula is C21H29N2O5S+. The van der Waals surface area contributed by atoms with Gasteiger partial charge in [0.2, 0.25) is 15.8 Å². The third-order valence-corrected chi connectivity index (χ3v) is 7.18. The largest absolute Gasteiger partial charge is 0.493 e. The first-order valence-corrected chi connectivity index (χ1v) is 11.0. The highest BCUT2D eigenvalue weighted by atomic mass is 32.2. The molecule has 1 saturated heterocycles. The Morgan fingerprint density at radius 1 is 0.931 bits per heavy atom. The summed E-state index contributed by atoms with van der Waals surface area (Å²) in [5, 5.41) is 0. The number of benzene rings is 2. The first-order valence-electron chi connectivity index (χ1n) is 9.58. The second-order valence-corrected chi connectivity index (χ2v) is 9.12. The van der Waals surface area contributed by atoms with E-state index >= 15 is 0 Å². The molecule has 1 aliphatic heterocycles. The quantitative estimate of drug-likeness (QED) is 0.725. The molecule has 158 valence electrons. The van der Waals surface area contributed by atoms with Crippen molar-refractivity contribution in [1.82, 2.24) is 4.31 Å². The molecule has 8 heteroatoms. The summed E-state index contributed by atoms with van der Waals surface area (Å²) < 4.78 is 43.5. The van der Waals surface area contributed by atoms with Gasteiger partial charge in [-0.3, -0.25) is 0 Å². The van der Waals surface area contributed by atoms with E-state index in [1.165, 1.54) is 4.90 Å². The zero-order valence-corrected chi connectivity index (χ0v) is 18.2. The second-order valence-electron chi connectivity index (χ2n) is 7.18. The van der Waals surface area contributed by atoms with Gasteiger partial charge in [0.1, 0.15) is 6.54 Å². The summed E-state index contributed by atoms with van der Waals surface area (Å²) in [5.74, 6) is 1.83. The molecule has 2 aromatic rings. The van der Waals surface area contributed by atoms with Crippen molar-refractivity contribution in [3.8, 4) is 17.2 Å². The number of piperazine rings is 1. The number of methoxy groups -OCH3 is 3. The molecule has 3 rings (SSSR count). The molecule has 1 N–H and O–H groups in total. The predicted molar refractivity (Wildman–Crippen MR) is 110 cm³/mol. The van der Waals surface area contributed by atoms with E-state index in [0.29, 0.717) is 35.2 Å². The van der Waals surface area contributed by atoms with E-state index in [2.05, 4.69) is 0 Å². The molecule has 1 aliphatic rings. The third-order valence-electron chi connectivity index (χ3n) is 5.27. The molecule has 0 aliphatic carbocycles. The normalized spacial score (nSPS) is 15.9. The monoisotopic (exact) mass is 421 g/mol. The number of aryl methyl sites for hydroxylation is 1. The highest BCUT2D eigenvalue weighted by Crippen LogP contribution is 2.38. The Bertz CT molecular complexity index is 911. The summed E-state index contributed by atoms with van der Waals surface area (Å²) in [6.07, 6.45) is 0. The van der Waals surface area contributed by atoms with Crippen LogP contribution in [0.2, 0.25) is 0 Å². The molecule has 0 spiro atoms. The van der Waals surface area contributed by atoms with E-state index in [9.17, 15) is 8.42 Å². The lowest BCUT2D eigenvalue weighted by molar-refractivity contribution is -0.917. The van der Waals surface area contributed by atoms with Gasteiger partial charge in [0.25, 0.3) is 0 Å². The topological polar surface area (TPSA) is 69.5 Å². The van der Waals surface area contributed by atoms with Crippen molar-refractivity contribution < 1.29 is 27.5 Å². The molecule has 29 heavy (non-hydrogen) atoms. The van der Waals surface area contributed by atoms with Crippen LogP contribution in [0.5, 0.6) is 17.2 Å². The molecule has 0 amide bonds. The highest BCUT2D eigenvalue weighted by Gasteiger charge is 2.30. The number of quaternary nitrogens is 1. The first-order chi connectivity index (χ1) is 13.9. The fourth-order valence-electron chi connectivity index (χ4n) is 3.61. The van der Waals surface area contributed by atoms with Gasteiger partial charge in [-0.15, -0.1) is 0 Å². The Morgan fingerprint density at radius 3 is 1.97 bits per heavy atom. The van der Waals surface area contributed by atoms with Crippen LogP contribution in [-0.4, -0.2) is 60.2 Å². The number of nitrogens with zero attached hydrogens (tertiary/aromatic N) is 1. The molecule has 0 saturated carbocycles. The fraction of sp³-hybridized carbons (Fsp3) is 0.429. The average molecular weight is 422 g/mol. The van der Waals surface area contributed by atoms with Gasteiger partial charge in [0.05, 0.1) is 52.4 Å². The van der Waals surface area contributed by atoms with Crippen molar-refractivity contribution in [3.05, 3.63) is 47.5 Å². The Labute approximate surface area is 172 Å². The Balaban J connectivity index is 1.68. The van der Waals surface area contributed by atoms with Crippen LogP contribution < -0.4 is 19.1 Å². The minimum Gasteiger partial charge on any atom is -0.493 e. The molecule has 0 bridgehead atoms. The lowest BCUT2D eigenvalue weighted by atomic mass is 10.1.